The normalized spacial score (nSPS) is 12.4. The Hall–Kier alpha value is -3.60. The molecule has 4 rings (SSSR count). The maximum absolute atomic E-state index is 12.7. The topological polar surface area (TPSA) is 61.4 Å². The molecular formula is C22H19N3O2. The fourth-order valence-corrected chi connectivity index (χ4v) is 3.24. The Morgan fingerprint density at radius 2 is 1.44 bits per heavy atom. The number of hydrogen-bond donors (Lipinski definition) is 2. The molecule has 2 N–H and O–H groups in total. The van der Waals surface area contributed by atoms with Crippen molar-refractivity contribution in [1.82, 2.24) is 0 Å². The molecule has 1 heterocycles. The Kier molecular flexibility index (Phi) is 4.58. The summed E-state index contributed by atoms with van der Waals surface area (Å²) < 4.78 is 0. The fraction of sp³-hybridized carbons (Fsp3) is 0.0909. The van der Waals surface area contributed by atoms with E-state index in [4.69, 9.17) is 0 Å². The number of para-hydroxylation sites is 1. The minimum Gasteiger partial charge on any atom is -0.308 e. The van der Waals surface area contributed by atoms with Gasteiger partial charge in [-0.2, -0.15) is 0 Å². The summed E-state index contributed by atoms with van der Waals surface area (Å²) in [5.74, 6) is -0.00289. The van der Waals surface area contributed by atoms with Crippen LogP contribution in [-0.4, -0.2) is 18.5 Å². The molecule has 3 aromatic rings. The van der Waals surface area contributed by atoms with Gasteiger partial charge in [0.05, 0.1) is 0 Å². The predicted molar refractivity (Wildman–Crippen MR) is 107 cm³/mol. The maximum Gasteiger partial charge on any atom is 0.323 e. The lowest BCUT2D eigenvalue weighted by Gasteiger charge is -2.17. The number of carbonyl (C=O) groups excluding carboxylic acids is 2. The van der Waals surface area contributed by atoms with E-state index >= 15 is 0 Å². The number of urea groups is 1. The van der Waals surface area contributed by atoms with Crippen LogP contribution in [0.4, 0.5) is 21.9 Å². The van der Waals surface area contributed by atoms with Crippen LogP contribution in [0.25, 0.3) is 0 Å². The molecule has 0 unspecified atom stereocenters. The minimum atomic E-state index is -0.295. The maximum atomic E-state index is 12.7. The molecule has 3 aromatic carbocycles. The number of benzene rings is 3. The van der Waals surface area contributed by atoms with Crippen LogP contribution in [0.15, 0.2) is 78.9 Å². The van der Waals surface area contributed by atoms with Gasteiger partial charge in [-0.1, -0.05) is 36.4 Å². The summed E-state index contributed by atoms with van der Waals surface area (Å²) in [6.45, 7) is 0.642. The Balaban J connectivity index is 1.47. The zero-order valence-electron chi connectivity index (χ0n) is 14.7. The van der Waals surface area contributed by atoms with Crippen LogP contribution in [0.5, 0.6) is 0 Å². The highest BCUT2D eigenvalue weighted by Crippen LogP contribution is 2.31. The van der Waals surface area contributed by atoms with Crippen molar-refractivity contribution in [2.75, 3.05) is 22.1 Å². The molecule has 0 aromatic heterocycles. The van der Waals surface area contributed by atoms with E-state index in [0.717, 1.165) is 23.4 Å². The lowest BCUT2D eigenvalue weighted by Crippen LogP contribution is -2.28. The molecule has 1 aliphatic heterocycles. The van der Waals surface area contributed by atoms with Crippen LogP contribution in [0, 0.1) is 0 Å². The summed E-state index contributed by atoms with van der Waals surface area (Å²) >= 11 is 0. The van der Waals surface area contributed by atoms with Crippen LogP contribution >= 0.6 is 0 Å². The van der Waals surface area contributed by atoms with Crippen LogP contribution in [0.3, 0.4) is 0 Å². The Morgan fingerprint density at radius 3 is 2.19 bits per heavy atom. The summed E-state index contributed by atoms with van der Waals surface area (Å²) in [7, 11) is 0. The zero-order valence-corrected chi connectivity index (χ0v) is 14.7. The van der Waals surface area contributed by atoms with Crippen molar-refractivity contribution in [1.29, 1.82) is 0 Å². The molecule has 1 aliphatic rings. The highest BCUT2D eigenvalue weighted by atomic mass is 16.2. The number of carbonyl (C=O) groups is 2. The molecule has 0 radical (unpaired) electrons. The van der Waals surface area contributed by atoms with Crippen LogP contribution in [0.1, 0.15) is 15.9 Å². The van der Waals surface area contributed by atoms with Gasteiger partial charge in [-0.3, -0.25) is 4.79 Å². The van der Waals surface area contributed by atoms with Gasteiger partial charge in [0.2, 0.25) is 0 Å². The first-order valence-corrected chi connectivity index (χ1v) is 8.83. The predicted octanol–water partition coefficient (Wildman–Crippen LogP) is 4.53. The monoisotopic (exact) mass is 357 g/mol. The van der Waals surface area contributed by atoms with E-state index in [9.17, 15) is 9.59 Å². The first-order valence-electron chi connectivity index (χ1n) is 8.83. The number of hydrogen-bond acceptors (Lipinski definition) is 2. The lowest BCUT2D eigenvalue weighted by molar-refractivity contribution is 0.0989. The second-order valence-electron chi connectivity index (χ2n) is 6.36. The zero-order chi connectivity index (χ0) is 18.6. The number of nitrogens with one attached hydrogen (secondary N) is 2. The summed E-state index contributed by atoms with van der Waals surface area (Å²) in [5.41, 5.74) is 4.07. The molecule has 3 amide bonds. The van der Waals surface area contributed by atoms with Gasteiger partial charge in [-0.25, -0.2) is 4.79 Å². The lowest BCUT2D eigenvalue weighted by atomic mass is 10.1. The van der Waals surface area contributed by atoms with Crippen molar-refractivity contribution in [2.24, 2.45) is 0 Å². The molecule has 5 heteroatoms. The smallest absolute Gasteiger partial charge is 0.308 e. The molecule has 0 saturated heterocycles. The van der Waals surface area contributed by atoms with Gasteiger partial charge in [0.25, 0.3) is 5.91 Å². The number of fused-ring (bicyclic) bond motifs is 1. The van der Waals surface area contributed by atoms with Gasteiger partial charge in [0, 0.05) is 29.2 Å². The number of nitrogens with zero attached hydrogens (tertiary/aromatic N) is 1. The van der Waals surface area contributed by atoms with E-state index in [-0.39, 0.29) is 11.9 Å². The fourth-order valence-electron chi connectivity index (χ4n) is 3.24. The van der Waals surface area contributed by atoms with Crippen molar-refractivity contribution in [3.63, 3.8) is 0 Å². The Bertz CT molecular complexity index is 971. The average Bonchev–Trinajstić information content (AvgIpc) is 3.12. The molecular weight excluding hydrogens is 338 g/mol. The number of anilines is 3. The van der Waals surface area contributed by atoms with E-state index in [1.54, 1.807) is 4.90 Å². The first kappa shape index (κ1) is 16.8. The molecule has 0 saturated carbocycles. The summed E-state index contributed by atoms with van der Waals surface area (Å²) in [5, 5.41) is 5.63. The molecule has 0 bridgehead atoms. The third-order valence-corrected chi connectivity index (χ3v) is 4.53. The van der Waals surface area contributed by atoms with Crippen LogP contribution < -0.4 is 15.5 Å². The van der Waals surface area contributed by atoms with Crippen molar-refractivity contribution < 1.29 is 9.59 Å². The second-order valence-corrected chi connectivity index (χ2v) is 6.36. The molecule has 0 atom stereocenters. The third kappa shape index (κ3) is 3.67. The quantitative estimate of drug-likeness (QED) is 0.723. The average molecular weight is 357 g/mol. The summed E-state index contributed by atoms with van der Waals surface area (Å²) in [6.07, 6.45) is 0.768. The van der Waals surface area contributed by atoms with Crippen LogP contribution in [-0.2, 0) is 6.42 Å². The van der Waals surface area contributed by atoms with E-state index in [2.05, 4.69) is 10.6 Å². The summed E-state index contributed by atoms with van der Waals surface area (Å²) in [6, 6.07) is 23.9. The van der Waals surface area contributed by atoms with Crippen molar-refractivity contribution >= 4 is 29.0 Å². The van der Waals surface area contributed by atoms with Gasteiger partial charge in [-0.15, -0.1) is 0 Å². The highest BCUT2D eigenvalue weighted by Gasteiger charge is 2.25. The molecule has 0 spiro atoms. The highest BCUT2D eigenvalue weighted by molar-refractivity contribution is 6.07. The molecule has 27 heavy (non-hydrogen) atoms. The minimum absolute atomic E-state index is 0.00289. The van der Waals surface area contributed by atoms with E-state index in [1.165, 1.54) is 0 Å². The van der Waals surface area contributed by atoms with Gasteiger partial charge < -0.3 is 15.5 Å². The standard InChI is InChI=1S/C22H19N3O2/c26-21(16-7-3-1-4-8-16)25-14-13-17-15-19(11-12-20(17)25)24-22(27)23-18-9-5-2-6-10-18/h1-12,15H,13-14H2,(H2,23,24,27). The van der Waals surface area contributed by atoms with Crippen molar-refractivity contribution in [3.8, 4) is 0 Å². The van der Waals surface area contributed by atoms with Crippen molar-refractivity contribution in [2.45, 2.75) is 6.42 Å². The van der Waals surface area contributed by atoms with Crippen molar-refractivity contribution in [3.05, 3.63) is 90.0 Å². The molecule has 0 fully saturated rings. The van der Waals surface area contributed by atoms with Gasteiger partial charge in [-0.05, 0) is 54.4 Å². The molecule has 5 nitrogen and oxygen atoms in total. The molecule has 134 valence electrons. The van der Waals surface area contributed by atoms with E-state index in [0.29, 0.717) is 17.8 Å². The first-order chi connectivity index (χ1) is 13.2. The SMILES string of the molecule is O=C(Nc1ccccc1)Nc1ccc2c(c1)CCN2C(=O)c1ccccc1. The Labute approximate surface area is 157 Å². The van der Waals surface area contributed by atoms with Gasteiger partial charge in [0.1, 0.15) is 0 Å². The third-order valence-electron chi connectivity index (χ3n) is 4.53. The Morgan fingerprint density at radius 1 is 0.778 bits per heavy atom. The van der Waals surface area contributed by atoms with Gasteiger partial charge >= 0.3 is 6.03 Å². The van der Waals surface area contributed by atoms with Gasteiger partial charge in [0.15, 0.2) is 0 Å². The largest absolute Gasteiger partial charge is 0.323 e. The van der Waals surface area contributed by atoms with E-state index in [1.807, 2.05) is 78.9 Å². The number of rotatable bonds is 3. The second kappa shape index (κ2) is 7.33. The summed E-state index contributed by atoms with van der Waals surface area (Å²) in [4.78, 5) is 26.7. The molecule has 0 aliphatic carbocycles. The number of amides is 3. The van der Waals surface area contributed by atoms with Crippen LogP contribution in [0.2, 0.25) is 0 Å². The van der Waals surface area contributed by atoms with E-state index < -0.39 is 0 Å².